The van der Waals surface area contributed by atoms with Gasteiger partial charge < -0.3 is 11.5 Å². The van der Waals surface area contributed by atoms with E-state index in [1.165, 1.54) is 0 Å². The van der Waals surface area contributed by atoms with Crippen LogP contribution >= 0.6 is 0 Å². The maximum atomic E-state index is 7.70. The molecule has 1 radical (unpaired) electrons. The van der Waals surface area contributed by atoms with Gasteiger partial charge in [0.2, 0.25) is 0 Å². The van der Waals surface area contributed by atoms with Gasteiger partial charge in [0, 0.05) is 23.5 Å². The third-order valence-corrected chi connectivity index (χ3v) is 3.59. The molecule has 4 N–H and O–H groups in total. The standard InChI is InChI=1S/C17H13N8/c18-12-5-1-3-10(7-12)16-23-17(25-24-16)14-15(19)21-9-13(22-14)11-4-2-6-20-8-11/h1-9,18H,(H2,19,21)(H,23,24,25). The van der Waals surface area contributed by atoms with E-state index in [0.717, 1.165) is 11.1 Å². The van der Waals surface area contributed by atoms with Crippen LogP contribution in [-0.4, -0.2) is 30.1 Å². The van der Waals surface area contributed by atoms with Crippen LogP contribution in [0.3, 0.4) is 0 Å². The number of aromatic amines is 1. The number of hydrogen-bond donors (Lipinski definition) is 2. The molecule has 0 saturated heterocycles. The average Bonchev–Trinajstić information content (AvgIpc) is 3.13. The lowest BCUT2D eigenvalue weighted by molar-refractivity contribution is 1.08. The Kier molecular flexibility index (Phi) is 3.55. The van der Waals surface area contributed by atoms with Gasteiger partial charge in [-0.25, -0.2) is 15.0 Å². The molecule has 0 saturated carbocycles. The number of rotatable bonds is 3. The highest BCUT2D eigenvalue weighted by Crippen LogP contribution is 2.25. The quantitative estimate of drug-likeness (QED) is 0.594. The lowest BCUT2D eigenvalue weighted by Gasteiger charge is -2.04. The van der Waals surface area contributed by atoms with Crippen molar-refractivity contribution in [1.29, 1.82) is 0 Å². The third kappa shape index (κ3) is 2.88. The summed E-state index contributed by atoms with van der Waals surface area (Å²) in [4.78, 5) is 17.3. The van der Waals surface area contributed by atoms with E-state index in [1.54, 1.807) is 36.8 Å². The Morgan fingerprint density at radius 1 is 1.00 bits per heavy atom. The molecule has 0 fully saturated rings. The molecular formula is C17H13N8. The molecule has 8 nitrogen and oxygen atoms in total. The second-order valence-corrected chi connectivity index (χ2v) is 5.32. The highest BCUT2D eigenvalue weighted by molar-refractivity contribution is 5.70. The van der Waals surface area contributed by atoms with E-state index in [1.807, 2.05) is 18.2 Å². The zero-order valence-electron chi connectivity index (χ0n) is 13.0. The summed E-state index contributed by atoms with van der Waals surface area (Å²) in [6.45, 7) is 0. The molecule has 3 heterocycles. The van der Waals surface area contributed by atoms with Gasteiger partial charge in [0.15, 0.2) is 17.5 Å². The second-order valence-electron chi connectivity index (χ2n) is 5.32. The summed E-state index contributed by atoms with van der Waals surface area (Å²) in [5.41, 5.74) is 16.7. The van der Waals surface area contributed by atoms with E-state index >= 15 is 0 Å². The summed E-state index contributed by atoms with van der Waals surface area (Å²) >= 11 is 0. The molecule has 3 aromatic heterocycles. The van der Waals surface area contributed by atoms with Crippen LogP contribution in [0.15, 0.2) is 55.0 Å². The van der Waals surface area contributed by atoms with Crippen LogP contribution in [0.4, 0.5) is 11.5 Å². The molecular weight excluding hydrogens is 316 g/mol. The van der Waals surface area contributed by atoms with Crippen LogP contribution in [0.5, 0.6) is 0 Å². The van der Waals surface area contributed by atoms with Crippen LogP contribution in [0.25, 0.3) is 34.2 Å². The summed E-state index contributed by atoms with van der Waals surface area (Å²) in [5.74, 6) is 1.14. The van der Waals surface area contributed by atoms with Crippen molar-refractivity contribution in [2.24, 2.45) is 0 Å². The van der Waals surface area contributed by atoms with Gasteiger partial charge in [-0.1, -0.05) is 12.1 Å². The Morgan fingerprint density at radius 2 is 1.88 bits per heavy atom. The summed E-state index contributed by atoms with van der Waals surface area (Å²) < 4.78 is 0. The minimum Gasteiger partial charge on any atom is -0.382 e. The number of nitrogen functional groups attached to an aromatic ring is 1. The fraction of sp³-hybridized carbons (Fsp3) is 0. The first-order chi connectivity index (χ1) is 12.2. The van der Waals surface area contributed by atoms with Crippen molar-refractivity contribution in [3.63, 3.8) is 0 Å². The predicted octanol–water partition coefficient (Wildman–Crippen LogP) is 2.49. The number of benzene rings is 1. The first kappa shape index (κ1) is 14.8. The molecule has 0 aliphatic carbocycles. The fourth-order valence-electron chi connectivity index (χ4n) is 2.38. The second kappa shape index (κ2) is 6.00. The number of hydrogen-bond acceptors (Lipinski definition) is 6. The Balaban J connectivity index is 1.75. The van der Waals surface area contributed by atoms with Crippen LogP contribution in [0, 0.1) is 0 Å². The van der Waals surface area contributed by atoms with E-state index in [0.29, 0.717) is 28.7 Å². The highest BCUT2D eigenvalue weighted by atomic mass is 15.2. The molecule has 0 aliphatic rings. The summed E-state index contributed by atoms with van der Waals surface area (Å²) in [6, 6.07) is 10.7. The summed E-state index contributed by atoms with van der Waals surface area (Å²) in [5, 5.41) is 7.03. The van der Waals surface area contributed by atoms with Crippen molar-refractivity contribution in [2.45, 2.75) is 0 Å². The van der Waals surface area contributed by atoms with Gasteiger partial charge in [-0.15, -0.1) is 0 Å². The predicted molar refractivity (Wildman–Crippen MR) is 93.2 cm³/mol. The average molecular weight is 329 g/mol. The van der Waals surface area contributed by atoms with Gasteiger partial charge in [0.1, 0.15) is 5.69 Å². The van der Waals surface area contributed by atoms with E-state index in [-0.39, 0.29) is 5.82 Å². The Hall–Kier alpha value is -3.81. The minimum atomic E-state index is 0.254. The Labute approximate surface area is 143 Å². The Bertz CT molecular complexity index is 1030. The van der Waals surface area contributed by atoms with Gasteiger partial charge in [-0.05, 0) is 24.3 Å². The number of nitrogens with two attached hydrogens (primary N) is 1. The molecule has 0 atom stereocenters. The summed E-state index contributed by atoms with van der Waals surface area (Å²) in [6.07, 6.45) is 4.99. The lowest BCUT2D eigenvalue weighted by Crippen LogP contribution is -2.00. The van der Waals surface area contributed by atoms with E-state index < -0.39 is 0 Å². The largest absolute Gasteiger partial charge is 0.382 e. The molecule has 4 aromatic rings. The molecule has 8 heteroatoms. The van der Waals surface area contributed by atoms with E-state index in [2.05, 4.69) is 30.1 Å². The zero-order valence-corrected chi connectivity index (χ0v) is 13.0. The van der Waals surface area contributed by atoms with Gasteiger partial charge in [0.05, 0.1) is 17.6 Å². The molecule has 1 aromatic carbocycles. The molecule has 0 amide bonds. The summed E-state index contributed by atoms with van der Waals surface area (Å²) in [7, 11) is 0. The lowest BCUT2D eigenvalue weighted by atomic mass is 10.2. The third-order valence-electron chi connectivity index (χ3n) is 3.59. The molecule has 0 spiro atoms. The van der Waals surface area contributed by atoms with Crippen molar-refractivity contribution in [1.82, 2.24) is 35.9 Å². The first-order valence-electron chi connectivity index (χ1n) is 7.48. The van der Waals surface area contributed by atoms with Crippen molar-refractivity contribution < 1.29 is 0 Å². The minimum absolute atomic E-state index is 0.254. The van der Waals surface area contributed by atoms with Crippen molar-refractivity contribution in [3.05, 3.63) is 55.0 Å². The molecule has 0 aliphatic heterocycles. The normalized spacial score (nSPS) is 10.7. The molecule has 4 rings (SSSR count). The van der Waals surface area contributed by atoms with Crippen LogP contribution in [-0.2, 0) is 0 Å². The van der Waals surface area contributed by atoms with Crippen LogP contribution in [0.1, 0.15) is 0 Å². The van der Waals surface area contributed by atoms with Crippen molar-refractivity contribution >= 4 is 11.5 Å². The number of nitrogens with one attached hydrogen (secondary N) is 2. The van der Waals surface area contributed by atoms with E-state index in [4.69, 9.17) is 11.5 Å². The number of aromatic nitrogens is 6. The number of pyridine rings is 1. The van der Waals surface area contributed by atoms with Crippen LogP contribution < -0.4 is 11.5 Å². The van der Waals surface area contributed by atoms with Gasteiger partial charge >= 0.3 is 0 Å². The maximum Gasteiger partial charge on any atom is 0.181 e. The molecule has 0 bridgehead atoms. The zero-order chi connectivity index (χ0) is 17.2. The van der Waals surface area contributed by atoms with E-state index in [9.17, 15) is 0 Å². The maximum absolute atomic E-state index is 7.70. The first-order valence-corrected chi connectivity index (χ1v) is 7.48. The Morgan fingerprint density at radius 3 is 2.68 bits per heavy atom. The molecule has 0 unspecified atom stereocenters. The SMILES string of the molecule is [NH]c1cccc(-c2n[nH]c(-c3nc(-c4cccnc4)cnc3N)n2)c1. The van der Waals surface area contributed by atoms with Crippen molar-refractivity contribution in [2.75, 3.05) is 5.73 Å². The van der Waals surface area contributed by atoms with Gasteiger partial charge in [-0.2, -0.15) is 5.10 Å². The molecule has 121 valence electrons. The number of nitrogens with zero attached hydrogens (tertiary/aromatic N) is 5. The van der Waals surface area contributed by atoms with Crippen LogP contribution in [0.2, 0.25) is 0 Å². The molecule has 25 heavy (non-hydrogen) atoms. The monoisotopic (exact) mass is 329 g/mol. The van der Waals surface area contributed by atoms with Gasteiger partial charge in [0.25, 0.3) is 0 Å². The smallest absolute Gasteiger partial charge is 0.181 e. The highest BCUT2D eigenvalue weighted by Gasteiger charge is 2.14. The number of H-pyrrole nitrogens is 1. The number of anilines is 1. The fourth-order valence-corrected chi connectivity index (χ4v) is 2.38. The van der Waals surface area contributed by atoms with Crippen molar-refractivity contribution in [3.8, 4) is 34.2 Å². The van der Waals surface area contributed by atoms with Gasteiger partial charge in [-0.3, -0.25) is 10.1 Å². The topological polar surface area (TPSA) is 130 Å².